The Bertz CT molecular complexity index is 1050. The van der Waals surface area contributed by atoms with E-state index >= 15 is 0 Å². The van der Waals surface area contributed by atoms with Crippen LogP contribution in [0.3, 0.4) is 0 Å². The van der Waals surface area contributed by atoms with Crippen molar-refractivity contribution >= 4 is 39.8 Å². The summed E-state index contributed by atoms with van der Waals surface area (Å²) in [4.78, 5) is 3.66. The maximum atomic E-state index is 10.2. The van der Waals surface area contributed by atoms with E-state index in [2.05, 4.69) is 68.7 Å². The zero-order chi connectivity index (χ0) is 22.2. The summed E-state index contributed by atoms with van der Waals surface area (Å²) in [5.41, 5.74) is 4.65. The molecular weight excluding hydrogens is 451 g/mol. The second-order valence-corrected chi connectivity index (χ2v) is 10.5. The summed E-state index contributed by atoms with van der Waals surface area (Å²) in [6.07, 6.45) is 3.48. The second kappa shape index (κ2) is 8.74. The van der Waals surface area contributed by atoms with E-state index in [1.807, 2.05) is 13.8 Å². The van der Waals surface area contributed by atoms with Gasteiger partial charge in [-0.1, -0.05) is 45.7 Å². The lowest BCUT2D eigenvalue weighted by molar-refractivity contribution is -0.0893. The van der Waals surface area contributed by atoms with E-state index in [0.29, 0.717) is 6.04 Å². The van der Waals surface area contributed by atoms with Gasteiger partial charge in [0.1, 0.15) is 0 Å². The number of aromatic amines is 1. The number of rotatable bonds is 7. The van der Waals surface area contributed by atoms with Crippen molar-refractivity contribution in [2.45, 2.75) is 70.7 Å². The highest BCUT2D eigenvalue weighted by Gasteiger charge is 2.35. The van der Waals surface area contributed by atoms with Crippen LogP contribution in [0, 0.1) is 0 Å². The molecule has 0 spiro atoms. The molecule has 1 heterocycles. The first-order chi connectivity index (χ1) is 14.6. The lowest BCUT2D eigenvalue weighted by atomic mass is 9.82. The molecule has 163 valence electrons. The van der Waals surface area contributed by atoms with Crippen molar-refractivity contribution in [1.29, 1.82) is 0 Å². The van der Waals surface area contributed by atoms with Crippen molar-refractivity contribution in [2.24, 2.45) is 0 Å². The molecule has 4 nitrogen and oxygen atoms in total. The average Bonchev–Trinajstić information content (AvgIpc) is 3.09. The van der Waals surface area contributed by atoms with Crippen molar-refractivity contribution < 1.29 is 9.76 Å². The quantitative estimate of drug-likeness (QED) is 0.420. The molecule has 0 fully saturated rings. The second-order valence-electron chi connectivity index (χ2n) is 9.58. The fraction of sp³-hybridized carbons (Fsp3) is 0.440. The molecule has 1 aliphatic carbocycles. The van der Waals surface area contributed by atoms with Crippen molar-refractivity contribution in [3.05, 3.63) is 63.8 Å². The van der Waals surface area contributed by atoms with Crippen LogP contribution in [0.2, 0.25) is 0 Å². The number of hydrogen-bond donors (Lipinski definition) is 3. The fourth-order valence-corrected chi connectivity index (χ4v) is 4.31. The molecule has 3 N–H and O–H groups in total. The molecule has 1 aromatic heterocycles. The van der Waals surface area contributed by atoms with E-state index in [1.54, 1.807) is 21.3 Å². The normalized spacial score (nSPS) is 17.0. The van der Waals surface area contributed by atoms with Gasteiger partial charge in [-0.25, -0.2) is 0 Å². The molecule has 6 heteroatoms. The highest BCUT2D eigenvalue weighted by atomic mass is 79.9. The number of nitrogens with one attached hydrogen (secondary N) is 2. The van der Waals surface area contributed by atoms with Crippen molar-refractivity contribution in [3.8, 4) is 0 Å². The Labute approximate surface area is 194 Å². The Hall–Kier alpha value is -1.60. The van der Waals surface area contributed by atoms with Gasteiger partial charge in [-0.2, -0.15) is 0 Å². The summed E-state index contributed by atoms with van der Waals surface area (Å²) >= 11 is 3.61. The van der Waals surface area contributed by atoms with Gasteiger partial charge in [0.15, 0.2) is 0 Å². The number of aryl methyl sites for hydroxylation is 1. The summed E-state index contributed by atoms with van der Waals surface area (Å²) in [5.74, 6) is 0. The predicted molar refractivity (Wildman–Crippen MR) is 132 cm³/mol. The lowest BCUT2D eigenvalue weighted by Crippen LogP contribution is -2.49. The van der Waals surface area contributed by atoms with Crippen LogP contribution in [-0.4, -0.2) is 28.8 Å². The number of H-pyrrole nitrogens is 1. The van der Waals surface area contributed by atoms with Crippen LogP contribution in [0.5, 0.6) is 0 Å². The van der Waals surface area contributed by atoms with E-state index < -0.39 is 11.2 Å². The number of aliphatic hydroxyl groups is 1. The Kier molecular flexibility index (Phi) is 6.37. The van der Waals surface area contributed by atoms with Gasteiger partial charge in [0.2, 0.25) is 0 Å². The van der Waals surface area contributed by atoms with Crippen LogP contribution < -0.4 is 10.8 Å². The summed E-state index contributed by atoms with van der Waals surface area (Å²) in [6, 6.07) is 15.2. The molecule has 1 aliphatic rings. The van der Waals surface area contributed by atoms with Gasteiger partial charge in [-0.3, -0.25) is 0 Å². The van der Waals surface area contributed by atoms with Gasteiger partial charge in [-0.05, 0) is 76.3 Å². The van der Waals surface area contributed by atoms with Gasteiger partial charge < -0.3 is 20.1 Å². The Morgan fingerprint density at radius 2 is 1.90 bits per heavy atom. The number of halogens is 1. The first-order valence-corrected chi connectivity index (χ1v) is 11.8. The van der Waals surface area contributed by atoms with Crippen LogP contribution in [0.1, 0.15) is 63.4 Å². The fourth-order valence-electron chi connectivity index (χ4n) is 3.95. The Balaban J connectivity index is 1.39. The molecule has 4 rings (SSSR count). The van der Waals surface area contributed by atoms with Crippen LogP contribution in [-0.2, 0) is 17.6 Å². The molecule has 2 aromatic carbocycles. The third kappa shape index (κ3) is 4.93. The third-order valence-corrected chi connectivity index (χ3v) is 7.16. The molecule has 1 unspecified atom stereocenters. The SMILES string of the molecule is CC(C)(O)C(C)(C)O[B]c1ccc(CNC2CCCc3c2[nH]c2ccc(Br)cc32)cc1. The first kappa shape index (κ1) is 22.6. The maximum absolute atomic E-state index is 10.2. The molecule has 1 radical (unpaired) electrons. The molecule has 3 aromatic rings. The third-order valence-electron chi connectivity index (χ3n) is 6.66. The standard InChI is InChI=1S/C25H31BBrN2O2/c1-24(2,30)25(3,4)31-26-17-10-8-16(9-11-17)15-28-22-7-5-6-19-20-14-18(27)12-13-21(20)29-23(19)22/h8-14,22,28-30H,5-7,15H2,1-4H3. The number of aromatic nitrogens is 1. The smallest absolute Gasteiger partial charge is 0.330 e. The highest BCUT2D eigenvalue weighted by Crippen LogP contribution is 2.36. The first-order valence-electron chi connectivity index (χ1n) is 11.0. The number of fused-ring (bicyclic) bond motifs is 3. The Morgan fingerprint density at radius 3 is 2.61 bits per heavy atom. The maximum Gasteiger partial charge on any atom is 0.330 e. The largest absolute Gasteiger partial charge is 0.427 e. The van der Waals surface area contributed by atoms with Crippen molar-refractivity contribution in [1.82, 2.24) is 10.3 Å². The lowest BCUT2D eigenvalue weighted by Gasteiger charge is -2.37. The summed E-state index contributed by atoms with van der Waals surface area (Å²) in [6.45, 7) is 8.13. The molecule has 0 bridgehead atoms. The van der Waals surface area contributed by atoms with Crippen molar-refractivity contribution in [3.63, 3.8) is 0 Å². The zero-order valence-electron chi connectivity index (χ0n) is 18.8. The molecule has 1 atom stereocenters. The van der Waals surface area contributed by atoms with Crippen molar-refractivity contribution in [2.75, 3.05) is 0 Å². The minimum absolute atomic E-state index is 0.345. The predicted octanol–water partition coefficient (Wildman–Crippen LogP) is 4.91. The van der Waals surface area contributed by atoms with E-state index in [0.717, 1.165) is 29.3 Å². The Morgan fingerprint density at radius 1 is 1.16 bits per heavy atom. The summed E-state index contributed by atoms with van der Waals surface area (Å²) < 4.78 is 6.98. The van der Waals surface area contributed by atoms with E-state index in [-0.39, 0.29) is 0 Å². The molecule has 0 aliphatic heterocycles. The minimum Gasteiger partial charge on any atom is -0.427 e. The molecular formula is C25H31BBrN2O2. The van der Waals surface area contributed by atoms with Gasteiger partial charge in [-0.15, -0.1) is 0 Å². The van der Waals surface area contributed by atoms with Crippen LogP contribution in [0.4, 0.5) is 0 Å². The molecule has 0 amide bonds. The molecule has 0 saturated carbocycles. The van der Waals surface area contributed by atoms with Crippen LogP contribution in [0.25, 0.3) is 10.9 Å². The topological polar surface area (TPSA) is 57.3 Å². The summed E-state index contributed by atoms with van der Waals surface area (Å²) in [7, 11) is 1.73. The average molecular weight is 482 g/mol. The van der Waals surface area contributed by atoms with Gasteiger partial charge in [0.05, 0.1) is 11.2 Å². The van der Waals surface area contributed by atoms with Crippen LogP contribution in [0.15, 0.2) is 46.9 Å². The molecule has 31 heavy (non-hydrogen) atoms. The van der Waals surface area contributed by atoms with Gasteiger partial charge >= 0.3 is 7.48 Å². The molecule has 0 saturated heterocycles. The zero-order valence-corrected chi connectivity index (χ0v) is 20.3. The van der Waals surface area contributed by atoms with E-state index in [4.69, 9.17) is 4.65 Å². The highest BCUT2D eigenvalue weighted by molar-refractivity contribution is 9.10. The van der Waals surface area contributed by atoms with Crippen LogP contribution >= 0.6 is 15.9 Å². The summed E-state index contributed by atoms with van der Waals surface area (Å²) in [5, 5.41) is 15.3. The number of benzene rings is 2. The van der Waals surface area contributed by atoms with E-state index in [1.165, 1.54) is 34.1 Å². The van der Waals surface area contributed by atoms with E-state index in [9.17, 15) is 5.11 Å². The van der Waals surface area contributed by atoms with Gasteiger partial charge in [0.25, 0.3) is 0 Å². The minimum atomic E-state index is -0.926. The van der Waals surface area contributed by atoms with Gasteiger partial charge in [0, 0.05) is 33.7 Å². The number of hydrogen-bond acceptors (Lipinski definition) is 3. The monoisotopic (exact) mass is 481 g/mol.